The molecule has 2 nitrogen and oxygen atoms in total. The van der Waals surface area contributed by atoms with Crippen molar-refractivity contribution in [2.75, 3.05) is 0 Å². The van der Waals surface area contributed by atoms with Crippen LogP contribution in [0.3, 0.4) is 0 Å². The van der Waals surface area contributed by atoms with E-state index >= 15 is 0 Å². The number of alkyl halides is 3. The van der Waals surface area contributed by atoms with Gasteiger partial charge in [-0.3, -0.25) is 0 Å². The van der Waals surface area contributed by atoms with Crippen molar-refractivity contribution < 1.29 is 13.2 Å². The summed E-state index contributed by atoms with van der Waals surface area (Å²) in [6, 6.07) is 1.16. The molecule has 5 heteroatoms. The van der Waals surface area contributed by atoms with Gasteiger partial charge in [0.2, 0.25) is 0 Å². The van der Waals surface area contributed by atoms with E-state index in [0.717, 1.165) is 6.07 Å². The van der Waals surface area contributed by atoms with E-state index in [2.05, 4.69) is 4.85 Å². The molecule has 0 aliphatic heterocycles. The molecular formula is C6H3F3N2. The normalized spacial score (nSPS) is 12.9. The molecule has 0 aliphatic carbocycles. The standard InChI is InChI=1S/C6H3F3N2/c1-4(6(7,8)9)5(3-10)11-2/h1H3/b5-4-. The summed E-state index contributed by atoms with van der Waals surface area (Å²) in [5.74, 6) is 0. The first-order chi connectivity index (χ1) is 4.93. The van der Waals surface area contributed by atoms with Crippen molar-refractivity contribution in [3.05, 3.63) is 22.7 Å². The lowest BCUT2D eigenvalue weighted by Crippen LogP contribution is -2.10. The Balaban J connectivity index is 5.01. The fraction of sp³-hybridized carbons (Fsp3) is 0.333. The Morgan fingerprint density at radius 3 is 2.09 bits per heavy atom. The topological polar surface area (TPSA) is 28.1 Å². The van der Waals surface area contributed by atoms with Gasteiger partial charge >= 0.3 is 6.18 Å². The van der Waals surface area contributed by atoms with Crippen LogP contribution in [0.1, 0.15) is 6.92 Å². The molecule has 0 fully saturated rings. The van der Waals surface area contributed by atoms with Crippen LogP contribution in [-0.2, 0) is 0 Å². The van der Waals surface area contributed by atoms with Crippen LogP contribution in [0.4, 0.5) is 13.2 Å². The monoisotopic (exact) mass is 160 g/mol. The summed E-state index contributed by atoms with van der Waals surface area (Å²) in [4.78, 5) is 2.42. The summed E-state index contributed by atoms with van der Waals surface area (Å²) in [5.41, 5.74) is -2.05. The van der Waals surface area contributed by atoms with Gasteiger partial charge < -0.3 is 0 Å². The van der Waals surface area contributed by atoms with Gasteiger partial charge in [-0.05, 0) is 6.92 Å². The molecule has 0 rings (SSSR count). The van der Waals surface area contributed by atoms with Gasteiger partial charge in [0.1, 0.15) is 0 Å². The quantitative estimate of drug-likeness (QED) is 0.394. The molecule has 0 aromatic carbocycles. The fourth-order valence-electron chi connectivity index (χ4n) is 0.327. The Labute approximate surface area is 61.4 Å². The van der Waals surface area contributed by atoms with E-state index in [1.54, 1.807) is 0 Å². The summed E-state index contributed by atoms with van der Waals surface area (Å²) in [7, 11) is 0. The van der Waals surface area contributed by atoms with Crippen molar-refractivity contribution in [2.45, 2.75) is 13.1 Å². The van der Waals surface area contributed by atoms with Gasteiger partial charge in [-0.25, -0.2) is 10.1 Å². The zero-order valence-electron chi connectivity index (χ0n) is 5.53. The minimum Gasteiger partial charge on any atom is -0.226 e. The van der Waals surface area contributed by atoms with Crippen molar-refractivity contribution in [1.82, 2.24) is 0 Å². The lowest BCUT2D eigenvalue weighted by atomic mass is 10.2. The Bertz CT molecular complexity index is 245. The number of rotatable bonds is 0. The summed E-state index contributed by atoms with van der Waals surface area (Å²) < 4.78 is 35.2. The Morgan fingerprint density at radius 2 is 2.00 bits per heavy atom. The lowest BCUT2D eigenvalue weighted by Gasteiger charge is -2.04. The highest BCUT2D eigenvalue weighted by atomic mass is 19.4. The third kappa shape index (κ3) is 2.30. The molecule has 0 amide bonds. The van der Waals surface area contributed by atoms with Gasteiger partial charge in [-0.15, -0.1) is 0 Å². The van der Waals surface area contributed by atoms with Gasteiger partial charge in [-0.2, -0.15) is 13.2 Å². The highest BCUT2D eigenvalue weighted by molar-refractivity contribution is 5.34. The SMILES string of the molecule is [C-]#[N+]/C(C#N)=C(/C)C(F)(F)F. The van der Waals surface area contributed by atoms with Gasteiger partial charge in [0.05, 0.1) is 12.6 Å². The minimum absolute atomic E-state index is 0.705. The van der Waals surface area contributed by atoms with Crippen LogP contribution in [0, 0.1) is 17.9 Å². The predicted octanol–water partition coefficient (Wildman–Crippen LogP) is 2.27. The van der Waals surface area contributed by atoms with E-state index < -0.39 is 17.4 Å². The molecule has 0 heterocycles. The molecular weight excluding hydrogens is 157 g/mol. The average Bonchev–Trinajstić information content (AvgIpc) is 1.88. The molecule has 0 aromatic rings. The first-order valence-electron chi connectivity index (χ1n) is 2.49. The summed E-state index contributed by atoms with van der Waals surface area (Å²) in [6.45, 7) is 6.92. The van der Waals surface area contributed by atoms with Crippen LogP contribution in [0.2, 0.25) is 0 Å². The largest absolute Gasteiger partial charge is 0.404 e. The molecule has 0 saturated heterocycles. The van der Waals surface area contributed by atoms with Gasteiger partial charge in [0, 0.05) is 5.57 Å². The molecule has 0 aliphatic rings. The zero-order valence-corrected chi connectivity index (χ0v) is 5.53. The molecule has 0 spiro atoms. The smallest absolute Gasteiger partial charge is 0.226 e. The molecule has 0 aromatic heterocycles. The number of hydrogen-bond acceptors (Lipinski definition) is 1. The highest BCUT2D eigenvalue weighted by Crippen LogP contribution is 2.27. The molecule has 11 heavy (non-hydrogen) atoms. The summed E-state index contributed by atoms with van der Waals surface area (Å²) in [5, 5.41) is 8.04. The van der Waals surface area contributed by atoms with Gasteiger partial charge in [0.15, 0.2) is 0 Å². The van der Waals surface area contributed by atoms with E-state index in [-0.39, 0.29) is 0 Å². The van der Waals surface area contributed by atoms with Crippen LogP contribution < -0.4 is 0 Å². The Kier molecular flexibility index (Phi) is 2.65. The number of nitrogens with zero attached hydrogens (tertiary/aromatic N) is 2. The summed E-state index contributed by atoms with van der Waals surface area (Å²) in [6.07, 6.45) is -4.57. The minimum atomic E-state index is -4.57. The maximum absolute atomic E-state index is 11.7. The van der Waals surface area contributed by atoms with Crippen LogP contribution in [0.15, 0.2) is 11.3 Å². The number of hydrogen-bond donors (Lipinski definition) is 0. The Hall–Kier alpha value is -1.49. The van der Waals surface area contributed by atoms with Crippen LogP contribution in [0.25, 0.3) is 4.85 Å². The van der Waals surface area contributed by atoms with E-state index in [0.29, 0.717) is 6.92 Å². The first kappa shape index (κ1) is 9.51. The van der Waals surface area contributed by atoms with Crippen LogP contribution in [-0.4, -0.2) is 6.18 Å². The Morgan fingerprint density at radius 1 is 1.55 bits per heavy atom. The molecule has 0 bridgehead atoms. The number of allylic oxidation sites excluding steroid dienone is 2. The maximum Gasteiger partial charge on any atom is 0.404 e. The third-order valence-electron chi connectivity index (χ3n) is 0.998. The van der Waals surface area contributed by atoms with Crippen molar-refractivity contribution in [1.29, 1.82) is 5.26 Å². The fourth-order valence-corrected chi connectivity index (χ4v) is 0.327. The van der Waals surface area contributed by atoms with Gasteiger partial charge in [-0.1, -0.05) is 0 Å². The second-order valence-electron chi connectivity index (χ2n) is 1.69. The second-order valence-corrected chi connectivity index (χ2v) is 1.69. The van der Waals surface area contributed by atoms with Gasteiger partial charge in [0.25, 0.3) is 5.70 Å². The van der Waals surface area contributed by atoms with Crippen molar-refractivity contribution in [2.24, 2.45) is 0 Å². The highest BCUT2D eigenvalue weighted by Gasteiger charge is 2.32. The van der Waals surface area contributed by atoms with Crippen molar-refractivity contribution in [3.8, 4) is 6.07 Å². The second kappa shape index (κ2) is 3.07. The van der Waals surface area contributed by atoms with E-state index in [9.17, 15) is 13.2 Å². The molecule has 0 radical (unpaired) electrons. The van der Waals surface area contributed by atoms with Crippen molar-refractivity contribution >= 4 is 0 Å². The van der Waals surface area contributed by atoms with E-state index in [4.69, 9.17) is 11.8 Å². The third-order valence-corrected chi connectivity index (χ3v) is 0.998. The molecule has 58 valence electrons. The molecule has 0 N–H and O–H groups in total. The molecule has 0 atom stereocenters. The van der Waals surface area contributed by atoms with Crippen LogP contribution in [0.5, 0.6) is 0 Å². The first-order valence-corrected chi connectivity index (χ1v) is 2.49. The average molecular weight is 160 g/mol. The number of halogens is 3. The van der Waals surface area contributed by atoms with E-state index in [1.807, 2.05) is 0 Å². The predicted molar refractivity (Wildman–Crippen MR) is 31.0 cm³/mol. The van der Waals surface area contributed by atoms with Crippen LogP contribution >= 0.6 is 0 Å². The summed E-state index contributed by atoms with van der Waals surface area (Å²) >= 11 is 0. The number of nitriles is 1. The lowest BCUT2D eigenvalue weighted by molar-refractivity contribution is -0.0917. The maximum atomic E-state index is 11.7. The zero-order chi connectivity index (χ0) is 9.07. The van der Waals surface area contributed by atoms with E-state index in [1.165, 1.54) is 0 Å². The van der Waals surface area contributed by atoms with Crippen molar-refractivity contribution in [3.63, 3.8) is 0 Å². The molecule has 0 unspecified atom stereocenters. The molecule has 0 saturated carbocycles.